The predicted molar refractivity (Wildman–Crippen MR) is 67.9 cm³/mol. The molecule has 92 valence electrons. The molecule has 2 heterocycles. The van der Waals surface area contributed by atoms with Crippen molar-refractivity contribution in [1.29, 1.82) is 0 Å². The molecule has 0 amide bonds. The Bertz CT molecular complexity index is 841. The number of hydrogen-bond acceptors (Lipinski definition) is 3. The zero-order chi connectivity index (χ0) is 12.7. The topological polar surface area (TPSA) is 72.2 Å². The normalized spacial score (nSPS) is 11.4. The fourth-order valence-electron chi connectivity index (χ4n) is 2.22. The van der Waals surface area contributed by atoms with Crippen molar-refractivity contribution in [2.45, 2.75) is 19.9 Å². The summed E-state index contributed by atoms with van der Waals surface area (Å²) >= 11 is 0. The Hall–Kier alpha value is -2.37. The molecule has 6 heteroatoms. The SMILES string of the molecule is CCCn1c(=O)c2n[nH]c(=O)n2c2ccccc21. The molecule has 1 aromatic carbocycles. The fourth-order valence-corrected chi connectivity index (χ4v) is 2.22. The Morgan fingerprint density at radius 2 is 1.94 bits per heavy atom. The first-order chi connectivity index (χ1) is 8.74. The number of fused-ring (bicyclic) bond motifs is 3. The zero-order valence-electron chi connectivity index (χ0n) is 9.88. The lowest BCUT2D eigenvalue weighted by molar-refractivity contribution is 0.677. The van der Waals surface area contributed by atoms with Gasteiger partial charge in [0.05, 0.1) is 11.0 Å². The molecule has 0 atom stereocenters. The molecule has 3 rings (SSSR count). The maximum Gasteiger partial charge on any atom is 0.348 e. The highest BCUT2D eigenvalue weighted by Crippen LogP contribution is 2.11. The van der Waals surface area contributed by atoms with Gasteiger partial charge in [0.2, 0.25) is 5.65 Å². The summed E-state index contributed by atoms with van der Waals surface area (Å²) in [7, 11) is 0. The molecule has 1 N–H and O–H groups in total. The van der Waals surface area contributed by atoms with E-state index in [1.54, 1.807) is 4.57 Å². The van der Waals surface area contributed by atoms with E-state index in [4.69, 9.17) is 0 Å². The van der Waals surface area contributed by atoms with E-state index >= 15 is 0 Å². The molecule has 0 saturated carbocycles. The Kier molecular flexibility index (Phi) is 2.29. The van der Waals surface area contributed by atoms with Crippen molar-refractivity contribution in [3.05, 3.63) is 45.1 Å². The second-order valence-electron chi connectivity index (χ2n) is 4.13. The minimum atomic E-state index is -0.387. The van der Waals surface area contributed by atoms with Crippen LogP contribution in [0.5, 0.6) is 0 Å². The Balaban J connectivity index is 2.64. The van der Waals surface area contributed by atoms with Crippen molar-refractivity contribution >= 4 is 16.7 Å². The van der Waals surface area contributed by atoms with Crippen LogP contribution in [-0.2, 0) is 6.54 Å². The molecule has 6 nitrogen and oxygen atoms in total. The highest BCUT2D eigenvalue weighted by molar-refractivity contribution is 5.77. The lowest BCUT2D eigenvalue weighted by Crippen LogP contribution is -2.25. The van der Waals surface area contributed by atoms with Gasteiger partial charge >= 0.3 is 5.69 Å². The maximum absolute atomic E-state index is 12.3. The number of nitrogens with one attached hydrogen (secondary N) is 1. The average Bonchev–Trinajstić information content (AvgIpc) is 2.77. The van der Waals surface area contributed by atoms with Crippen LogP contribution in [0.15, 0.2) is 33.9 Å². The van der Waals surface area contributed by atoms with Crippen LogP contribution >= 0.6 is 0 Å². The maximum atomic E-state index is 12.3. The number of H-pyrrole nitrogens is 1. The number of hydrogen-bond donors (Lipinski definition) is 1. The predicted octanol–water partition coefficient (Wildman–Crippen LogP) is 0.747. The van der Waals surface area contributed by atoms with Gasteiger partial charge in [-0.15, -0.1) is 5.10 Å². The molecule has 0 fully saturated rings. The zero-order valence-corrected chi connectivity index (χ0v) is 9.88. The molecular weight excluding hydrogens is 232 g/mol. The van der Waals surface area contributed by atoms with Crippen LogP contribution in [0.1, 0.15) is 13.3 Å². The van der Waals surface area contributed by atoms with Gasteiger partial charge in [-0.25, -0.2) is 14.3 Å². The Labute approximate surface area is 101 Å². The summed E-state index contributed by atoms with van der Waals surface area (Å²) in [6.07, 6.45) is 0.842. The van der Waals surface area contributed by atoms with Gasteiger partial charge in [0, 0.05) is 6.54 Å². The van der Waals surface area contributed by atoms with Crippen molar-refractivity contribution in [3.8, 4) is 0 Å². The van der Waals surface area contributed by atoms with Crippen LogP contribution in [-0.4, -0.2) is 19.2 Å². The Morgan fingerprint density at radius 1 is 1.22 bits per heavy atom. The fraction of sp³-hybridized carbons (Fsp3) is 0.250. The summed E-state index contributed by atoms with van der Waals surface area (Å²) in [5.41, 5.74) is 0.961. The molecule has 0 radical (unpaired) electrons. The summed E-state index contributed by atoms with van der Waals surface area (Å²) in [4.78, 5) is 24.0. The monoisotopic (exact) mass is 244 g/mol. The molecule has 18 heavy (non-hydrogen) atoms. The third-order valence-electron chi connectivity index (χ3n) is 2.97. The number of nitrogens with zero attached hydrogens (tertiary/aromatic N) is 3. The van der Waals surface area contributed by atoms with Crippen LogP contribution in [0.4, 0.5) is 0 Å². The van der Waals surface area contributed by atoms with Gasteiger partial charge in [-0.1, -0.05) is 19.1 Å². The van der Waals surface area contributed by atoms with Gasteiger partial charge in [-0.3, -0.25) is 4.79 Å². The number of rotatable bonds is 2. The summed E-state index contributed by atoms with van der Waals surface area (Å²) in [5, 5.41) is 6.13. The standard InChI is InChI=1S/C12H12N4O2/c1-2-7-15-8-5-3-4-6-9(8)16-10(11(15)17)13-14-12(16)18/h3-6H,2,7H2,1H3,(H,14,18). The lowest BCUT2D eigenvalue weighted by Gasteiger charge is -2.09. The van der Waals surface area contributed by atoms with E-state index in [1.807, 2.05) is 31.2 Å². The van der Waals surface area contributed by atoms with Gasteiger partial charge in [0.15, 0.2) is 0 Å². The van der Waals surface area contributed by atoms with E-state index in [0.29, 0.717) is 12.1 Å². The molecule has 3 aromatic rings. The summed E-state index contributed by atoms with van der Waals surface area (Å²) in [5.74, 6) is 0. The van der Waals surface area contributed by atoms with Crippen LogP contribution in [0, 0.1) is 0 Å². The van der Waals surface area contributed by atoms with Gasteiger partial charge in [0.25, 0.3) is 5.56 Å². The molecule has 0 aliphatic rings. The summed E-state index contributed by atoms with van der Waals surface area (Å²) in [6, 6.07) is 7.34. The van der Waals surface area contributed by atoms with E-state index in [1.165, 1.54) is 4.40 Å². The molecule has 2 aromatic heterocycles. The van der Waals surface area contributed by atoms with E-state index in [9.17, 15) is 9.59 Å². The highest BCUT2D eigenvalue weighted by atomic mass is 16.2. The minimum Gasteiger partial charge on any atom is -0.304 e. The van der Waals surface area contributed by atoms with Crippen LogP contribution in [0.2, 0.25) is 0 Å². The van der Waals surface area contributed by atoms with Crippen molar-refractivity contribution in [2.24, 2.45) is 0 Å². The van der Waals surface area contributed by atoms with Gasteiger partial charge in [-0.05, 0) is 18.6 Å². The minimum absolute atomic E-state index is 0.146. The molecule has 0 saturated heterocycles. The second-order valence-corrected chi connectivity index (χ2v) is 4.13. The van der Waals surface area contributed by atoms with Crippen LogP contribution < -0.4 is 11.2 Å². The third-order valence-corrected chi connectivity index (χ3v) is 2.97. The molecular formula is C12H12N4O2. The number of aromatic amines is 1. The largest absolute Gasteiger partial charge is 0.348 e. The van der Waals surface area contributed by atoms with E-state index in [0.717, 1.165) is 11.9 Å². The molecule has 0 aliphatic carbocycles. The van der Waals surface area contributed by atoms with Crippen molar-refractivity contribution in [3.63, 3.8) is 0 Å². The molecule has 0 bridgehead atoms. The van der Waals surface area contributed by atoms with Gasteiger partial charge in [-0.2, -0.15) is 0 Å². The second kappa shape index (κ2) is 3.83. The van der Waals surface area contributed by atoms with E-state index in [2.05, 4.69) is 10.2 Å². The van der Waals surface area contributed by atoms with Gasteiger partial charge in [0.1, 0.15) is 0 Å². The number of aryl methyl sites for hydroxylation is 1. The first-order valence-electron chi connectivity index (χ1n) is 5.82. The number of benzene rings is 1. The van der Waals surface area contributed by atoms with Crippen LogP contribution in [0.25, 0.3) is 16.7 Å². The van der Waals surface area contributed by atoms with Crippen molar-refractivity contribution in [2.75, 3.05) is 0 Å². The average molecular weight is 244 g/mol. The first kappa shape index (κ1) is 10.8. The molecule has 0 spiro atoms. The third kappa shape index (κ3) is 1.32. The number of aromatic nitrogens is 4. The highest BCUT2D eigenvalue weighted by Gasteiger charge is 2.13. The quantitative estimate of drug-likeness (QED) is 0.723. The lowest BCUT2D eigenvalue weighted by atomic mass is 10.3. The molecule has 0 aliphatic heterocycles. The molecule has 0 unspecified atom stereocenters. The summed E-state index contributed by atoms with van der Waals surface area (Å²) < 4.78 is 2.98. The van der Waals surface area contributed by atoms with E-state index < -0.39 is 0 Å². The first-order valence-corrected chi connectivity index (χ1v) is 5.82. The van der Waals surface area contributed by atoms with E-state index in [-0.39, 0.29) is 16.9 Å². The smallest absolute Gasteiger partial charge is 0.304 e. The number of para-hydroxylation sites is 2. The van der Waals surface area contributed by atoms with Gasteiger partial charge < -0.3 is 4.57 Å². The van der Waals surface area contributed by atoms with Crippen LogP contribution in [0.3, 0.4) is 0 Å². The van der Waals surface area contributed by atoms with Crippen molar-refractivity contribution < 1.29 is 0 Å². The summed E-state index contributed by atoms with van der Waals surface area (Å²) in [6.45, 7) is 2.61. The van der Waals surface area contributed by atoms with Crippen molar-refractivity contribution in [1.82, 2.24) is 19.2 Å². The Morgan fingerprint density at radius 3 is 2.67 bits per heavy atom.